The van der Waals surface area contributed by atoms with Crippen molar-refractivity contribution in [2.75, 3.05) is 26.1 Å². The van der Waals surface area contributed by atoms with Gasteiger partial charge in [0.2, 0.25) is 0 Å². The van der Waals surface area contributed by atoms with Crippen LogP contribution >= 0.6 is 23.4 Å². The molecule has 0 spiro atoms. The summed E-state index contributed by atoms with van der Waals surface area (Å²) in [5, 5.41) is 27.0. The van der Waals surface area contributed by atoms with E-state index in [2.05, 4.69) is 38.9 Å². The predicted molar refractivity (Wildman–Crippen MR) is 117 cm³/mol. The summed E-state index contributed by atoms with van der Waals surface area (Å²) in [7, 11) is 1.46. The van der Waals surface area contributed by atoms with Gasteiger partial charge in [0.25, 0.3) is 0 Å². The average molecular weight is 462 g/mol. The lowest BCUT2D eigenvalue weighted by Gasteiger charge is -2.15. The van der Waals surface area contributed by atoms with Crippen LogP contribution in [0.2, 0.25) is 5.15 Å². The van der Waals surface area contributed by atoms with Crippen molar-refractivity contribution in [3.63, 3.8) is 0 Å². The summed E-state index contributed by atoms with van der Waals surface area (Å²) >= 11 is 7.84. The number of ether oxygens (including phenoxy) is 2. The zero-order valence-electron chi connectivity index (χ0n) is 18.2. The topological polar surface area (TPSA) is 115 Å². The van der Waals surface area contributed by atoms with Crippen molar-refractivity contribution in [3.05, 3.63) is 5.15 Å². The summed E-state index contributed by atoms with van der Waals surface area (Å²) in [4.78, 5) is 8.91. The maximum absolute atomic E-state index is 8.95. The molecule has 1 fully saturated rings. The fraction of sp³-hybridized carbons (Fsp3) is 0.789. The van der Waals surface area contributed by atoms with Gasteiger partial charge < -0.3 is 19.7 Å². The summed E-state index contributed by atoms with van der Waals surface area (Å²) < 4.78 is 12.1. The van der Waals surface area contributed by atoms with E-state index in [1.165, 1.54) is 7.11 Å². The molecule has 0 saturated heterocycles. The van der Waals surface area contributed by atoms with E-state index in [-0.39, 0.29) is 18.8 Å². The molecule has 1 aliphatic carbocycles. The lowest BCUT2D eigenvalue weighted by atomic mass is 10.1. The third kappa shape index (κ3) is 7.00. The highest BCUT2D eigenvalue weighted by molar-refractivity contribution is 7.99. The summed E-state index contributed by atoms with van der Waals surface area (Å²) in [6, 6.07) is 0.170. The van der Waals surface area contributed by atoms with Gasteiger partial charge in [-0.05, 0) is 39.0 Å². The van der Waals surface area contributed by atoms with E-state index in [9.17, 15) is 0 Å². The van der Waals surface area contributed by atoms with Crippen LogP contribution in [0.1, 0.15) is 53.0 Å². The van der Waals surface area contributed by atoms with Crippen molar-refractivity contribution in [2.24, 2.45) is 5.92 Å². The molecule has 170 valence electrons. The molecular formula is C19H32ClN5O4S. The first-order valence-electron chi connectivity index (χ1n) is 10.1. The fourth-order valence-corrected chi connectivity index (χ4v) is 4.04. The molecule has 2 N–H and O–H groups in total. The van der Waals surface area contributed by atoms with Crippen LogP contribution in [-0.4, -0.2) is 73.1 Å². The van der Waals surface area contributed by atoms with E-state index < -0.39 is 5.79 Å². The quantitative estimate of drug-likeness (QED) is 0.264. The fourth-order valence-electron chi connectivity index (χ4n) is 3.10. The minimum absolute atomic E-state index is 0.0426. The predicted octanol–water partition coefficient (Wildman–Crippen LogP) is 3.09. The summed E-state index contributed by atoms with van der Waals surface area (Å²) in [5.41, 5.74) is 1.23. The van der Waals surface area contributed by atoms with Crippen LogP contribution in [-0.2, 0) is 9.47 Å². The number of methoxy groups -OCH3 is 1. The van der Waals surface area contributed by atoms with E-state index >= 15 is 0 Å². The second-order valence-corrected chi connectivity index (χ2v) is 9.16. The Labute approximate surface area is 186 Å². The lowest BCUT2D eigenvalue weighted by molar-refractivity contribution is -0.155. The van der Waals surface area contributed by atoms with Gasteiger partial charge in [0.15, 0.2) is 27.3 Å². The van der Waals surface area contributed by atoms with Gasteiger partial charge >= 0.3 is 0 Å². The first kappa shape index (κ1) is 25.2. The van der Waals surface area contributed by atoms with Gasteiger partial charge in [-0.2, -0.15) is 0 Å². The van der Waals surface area contributed by atoms with E-state index in [0.717, 1.165) is 25.0 Å². The molecule has 3 atom stereocenters. The third-order valence-corrected chi connectivity index (χ3v) is 6.06. The Kier molecular flexibility index (Phi) is 9.70. The van der Waals surface area contributed by atoms with Gasteiger partial charge in [-0.25, -0.2) is 14.6 Å². The molecule has 2 heterocycles. The van der Waals surface area contributed by atoms with Crippen LogP contribution in [0, 0.1) is 5.92 Å². The van der Waals surface area contributed by atoms with E-state index in [1.54, 1.807) is 25.6 Å². The largest absolute Gasteiger partial charge is 0.394 e. The molecule has 2 aromatic rings. The molecule has 0 bridgehead atoms. The standard InChI is InChI=1S/C15H22ClN5O2S.C4H10O2/c1-3-6-24-15-17-13(16)12-14(18-15)21(20-19-12)10-7-9(2)11(8-10)23-5-4-22;1-4(2,5)6-3/h9-11,22H,3-8H2,1-2H3;5H,1-3H3/t9-,10?,11?;/m0./s1. The van der Waals surface area contributed by atoms with Crippen molar-refractivity contribution >= 4 is 34.5 Å². The number of thioether (sulfide) groups is 1. The van der Waals surface area contributed by atoms with Crippen LogP contribution in [0.5, 0.6) is 0 Å². The maximum Gasteiger partial charge on any atom is 0.191 e. The summed E-state index contributed by atoms with van der Waals surface area (Å²) in [6.45, 7) is 7.84. The van der Waals surface area contributed by atoms with Crippen molar-refractivity contribution in [1.29, 1.82) is 0 Å². The van der Waals surface area contributed by atoms with Crippen molar-refractivity contribution < 1.29 is 19.7 Å². The minimum Gasteiger partial charge on any atom is -0.394 e. The van der Waals surface area contributed by atoms with Crippen molar-refractivity contribution in [2.45, 2.75) is 70.0 Å². The molecule has 2 unspecified atom stereocenters. The lowest BCUT2D eigenvalue weighted by Crippen LogP contribution is -2.20. The van der Waals surface area contributed by atoms with Gasteiger partial charge in [-0.15, -0.1) is 5.10 Å². The number of rotatable bonds is 8. The van der Waals surface area contributed by atoms with Crippen LogP contribution in [0.3, 0.4) is 0 Å². The SMILES string of the molecule is CCCSc1nc(Cl)c2nnn(C3CC(OCCO)[C@@H](C)C3)c2n1.COC(C)(C)O. The molecule has 0 aliphatic heterocycles. The number of fused-ring (bicyclic) bond motifs is 1. The van der Waals surface area contributed by atoms with E-state index in [1.807, 2.05) is 4.68 Å². The molecule has 3 rings (SSSR count). The Morgan fingerprint density at radius 2 is 2.00 bits per heavy atom. The highest BCUT2D eigenvalue weighted by atomic mass is 35.5. The first-order valence-corrected chi connectivity index (χ1v) is 11.5. The van der Waals surface area contributed by atoms with Gasteiger partial charge in [0, 0.05) is 12.9 Å². The zero-order chi connectivity index (χ0) is 22.3. The number of aromatic nitrogens is 5. The molecule has 9 nitrogen and oxygen atoms in total. The Morgan fingerprint density at radius 1 is 1.30 bits per heavy atom. The van der Waals surface area contributed by atoms with Crippen LogP contribution in [0.25, 0.3) is 11.2 Å². The Hall–Kier alpha value is -1.04. The number of hydrogen-bond acceptors (Lipinski definition) is 9. The summed E-state index contributed by atoms with van der Waals surface area (Å²) in [5.74, 6) is 0.382. The third-order valence-electron chi connectivity index (χ3n) is 4.75. The highest BCUT2D eigenvalue weighted by Gasteiger charge is 2.35. The van der Waals surface area contributed by atoms with Gasteiger partial charge in [0.05, 0.1) is 25.4 Å². The Balaban J connectivity index is 0.000000469. The van der Waals surface area contributed by atoms with Crippen molar-refractivity contribution in [1.82, 2.24) is 25.0 Å². The zero-order valence-corrected chi connectivity index (χ0v) is 19.8. The Morgan fingerprint density at radius 3 is 2.60 bits per heavy atom. The van der Waals surface area contributed by atoms with E-state index in [4.69, 9.17) is 26.6 Å². The van der Waals surface area contributed by atoms with Crippen molar-refractivity contribution in [3.8, 4) is 0 Å². The smallest absolute Gasteiger partial charge is 0.191 e. The number of aliphatic hydroxyl groups is 2. The van der Waals surface area contributed by atoms with Gasteiger partial charge in [0.1, 0.15) is 0 Å². The molecule has 0 aromatic carbocycles. The molecule has 1 saturated carbocycles. The molecule has 2 aromatic heterocycles. The molecule has 11 heteroatoms. The normalized spacial score (nSPS) is 21.7. The monoisotopic (exact) mass is 461 g/mol. The number of aliphatic hydroxyl groups excluding tert-OH is 1. The summed E-state index contributed by atoms with van der Waals surface area (Å²) in [6.07, 6.45) is 2.94. The molecule has 0 radical (unpaired) electrons. The average Bonchev–Trinajstić information content (AvgIpc) is 3.28. The number of hydrogen-bond donors (Lipinski definition) is 2. The van der Waals surface area contributed by atoms with Crippen LogP contribution in [0.4, 0.5) is 0 Å². The number of nitrogens with zero attached hydrogens (tertiary/aromatic N) is 5. The van der Waals surface area contributed by atoms with E-state index in [0.29, 0.717) is 34.0 Å². The van der Waals surface area contributed by atoms with Gasteiger partial charge in [-0.3, -0.25) is 0 Å². The maximum atomic E-state index is 8.95. The second-order valence-electron chi connectivity index (χ2n) is 7.74. The first-order chi connectivity index (χ1) is 14.2. The van der Waals surface area contributed by atoms with Crippen LogP contribution < -0.4 is 0 Å². The molecule has 1 aliphatic rings. The Bertz CT molecular complexity index is 801. The minimum atomic E-state index is -0.958. The highest BCUT2D eigenvalue weighted by Crippen LogP contribution is 2.37. The second kappa shape index (κ2) is 11.5. The molecule has 0 amide bonds. The van der Waals surface area contributed by atoms with Gasteiger partial charge in [-0.1, -0.05) is 42.4 Å². The number of halogens is 1. The molecule has 30 heavy (non-hydrogen) atoms. The van der Waals surface area contributed by atoms with Crippen LogP contribution in [0.15, 0.2) is 5.16 Å². The molecular weight excluding hydrogens is 430 g/mol.